The third-order valence-electron chi connectivity index (χ3n) is 3.69. The molecule has 1 aromatic heterocycles. The molecule has 2 aromatic rings. The summed E-state index contributed by atoms with van der Waals surface area (Å²) in [5, 5.41) is 19.3. The van der Waals surface area contributed by atoms with E-state index in [0.29, 0.717) is 29.5 Å². The number of guanidine groups is 1. The van der Waals surface area contributed by atoms with Crippen molar-refractivity contribution in [3.8, 4) is 12.3 Å². The summed E-state index contributed by atoms with van der Waals surface area (Å²) < 4.78 is 5.25. The van der Waals surface area contributed by atoms with Crippen molar-refractivity contribution in [1.29, 1.82) is 0 Å². The highest BCUT2D eigenvalue weighted by atomic mass is 16.4. The number of nitrogens with one attached hydrogen (secondary N) is 3. The topological polar surface area (TPSA) is 98.9 Å². The molecule has 0 bridgehead atoms. The summed E-state index contributed by atoms with van der Waals surface area (Å²) in [6, 6.07) is 10.4. The number of aliphatic imine (C=N–C) groups is 1. The van der Waals surface area contributed by atoms with Crippen LogP contribution in [0.4, 0.5) is 5.69 Å². The van der Waals surface area contributed by atoms with Gasteiger partial charge in [0.1, 0.15) is 17.9 Å². The van der Waals surface area contributed by atoms with Gasteiger partial charge in [0.25, 0.3) is 0 Å². The molecule has 1 aromatic carbocycles. The third-order valence-corrected chi connectivity index (χ3v) is 3.69. The standard InChI is InChI=1S/C20H24N4O3/c1-4-15-8-6-9-16(12-15)24-18(25)13-22-19(21-5-2)23-14-20(3,26)17-10-7-11-27-17/h1,6-12,26H,5,13-14H2,2-3H3,(H,24,25)(H2,21,22,23). The lowest BCUT2D eigenvalue weighted by Gasteiger charge is -2.22. The number of hydrogen-bond donors (Lipinski definition) is 4. The second-order valence-electron chi connectivity index (χ2n) is 6.07. The average Bonchev–Trinajstić information content (AvgIpc) is 3.20. The maximum atomic E-state index is 12.1. The van der Waals surface area contributed by atoms with Crippen LogP contribution in [-0.4, -0.2) is 36.6 Å². The maximum Gasteiger partial charge on any atom is 0.246 e. The average molecular weight is 368 g/mol. The van der Waals surface area contributed by atoms with E-state index in [-0.39, 0.29) is 19.0 Å². The van der Waals surface area contributed by atoms with Crippen LogP contribution in [0.3, 0.4) is 0 Å². The fourth-order valence-electron chi connectivity index (χ4n) is 2.31. The number of aliphatic hydroxyl groups is 1. The minimum Gasteiger partial charge on any atom is -0.466 e. The van der Waals surface area contributed by atoms with E-state index >= 15 is 0 Å². The van der Waals surface area contributed by atoms with Gasteiger partial charge in [0.15, 0.2) is 5.96 Å². The molecule has 0 aliphatic rings. The Morgan fingerprint density at radius 1 is 1.33 bits per heavy atom. The molecule has 0 saturated heterocycles. The molecular weight excluding hydrogens is 344 g/mol. The fraction of sp³-hybridized carbons (Fsp3) is 0.300. The van der Waals surface area contributed by atoms with E-state index < -0.39 is 5.60 Å². The van der Waals surface area contributed by atoms with Crippen molar-refractivity contribution >= 4 is 17.6 Å². The first-order valence-corrected chi connectivity index (χ1v) is 8.59. The second kappa shape index (κ2) is 9.46. The van der Waals surface area contributed by atoms with Gasteiger partial charge in [0, 0.05) is 17.8 Å². The van der Waals surface area contributed by atoms with Gasteiger partial charge in [-0.2, -0.15) is 0 Å². The zero-order chi connectivity index (χ0) is 19.7. The predicted molar refractivity (Wildman–Crippen MR) is 105 cm³/mol. The molecule has 1 atom stereocenters. The van der Waals surface area contributed by atoms with Gasteiger partial charge in [-0.1, -0.05) is 12.0 Å². The van der Waals surface area contributed by atoms with E-state index in [0.717, 1.165) is 0 Å². The Kier molecular flexibility index (Phi) is 7.03. The quantitative estimate of drug-likeness (QED) is 0.338. The number of furan rings is 1. The molecule has 0 radical (unpaired) electrons. The Balaban J connectivity index is 1.94. The molecule has 7 nitrogen and oxygen atoms in total. The molecule has 7 heteroatoms. The number of nitrogens with zero attached hydrogens (tertiary/aromatic N) is 1. The van der Waals surface area contributed by atoms with Gasteiger partial charge < -0.3 is 25.5 Å². The van der Waals surface area contributed by atoms with Crippen LogP contribution in [-0.2, 0) is 10.4 Å². The number of hydrogen-bond acceptors (Lipinski definition) is 4. The van der Waals surface area contributed by atoms with Gasteiger partial charge in [-0.15, -0.1) is 6.42 Å². The van der Waals surface area contributed by atoms with Crippen LogP contribution < -0.4 is 16.0 Å². The summed E-state index contributed by atoms with van der Waals surface area (Å²) in [6.07, 6.45) is 6.86. The van der Waals surface area contributed by atoms with E-state index in [1.54, 1.807) is 43.3 Å². The number of benzene rings is 1. The normalized spacial score (nSPS) is 13.3. The number of anilines is 1. The lowest BCUT2D eigenvalue weighted by Crippen LogP contribution is -2.44. The second-order valence-corrected chi connectivity index (χ2v) is 6.07. The van der Waals surface area contributed by atoms with Crippen LogP contribution in [0.25, 0.3) is 0 Å². The minimum absolute atomic E-state index is 0.0848. The van der Waals surface area contributed by atoms with Crippen molar-refractivity contribution in [2.75, 3.05) is 25.0 Å². The summed E-state index contributed by atoms with van der Waals surface area (Å²) in [7, 11) is 0. The van der Waals surface area contributed by atoms with E-state index in [2.05, 4.69) is 26.9 Å². The first-order chi connectivity index (χ1) is 12.9. The predicted octanol–water partition coefficient (Wildman–Crippen LogP) is 1.66. The Morgan fingerprint density at radius 2 is 2.15 bits per heavy atom. The number of terminal acetylenes is 1. The SMILES string of the molecule is C#Cc1cccc(NC(=O)CN=C(NCC)NCC(C)(O)c2ccco2)c1. The van der Waals surface area contributed by atoms with Crippen LogP contribution in [0, 0.1) is 12.3 Å². The van der Waals surface area contributed by atoms with Crippen molar-refractivity contribution in [1.82, 2.24) is 10.6 Å². The molecule has 4 N–H and O–H groups in total. The lowest BCUT2D eigenvalue weighted by atomic mass is 10.0. The molecule has 1 amide bonds. The van der Waals surface area contributed by atoms with Crippen LogP contribution in [0.5, 0.6) is 0 Å². The molecule has 0 saturated carbocycles. The lowest BCUT2D eigenvalue weighted by molar-refractivity contribution is -0.114. The molecule has 1 unspecified atom stereocenters. The summed E-state index contributed by atoms with van der Waals surface area (Å²) in [5.74, 6) is 3.10. The number of amides is 1. The Morgan fingerprint density at radius 3 is 2.81 bits per heavy atom. The highest BCUT2D eigenvalue weighted by Gasteiger charge is 2.26. The Hall–Kier alpha value is -3.24. The minimum atomic E-state index is -1.21. The molecule has 0 aliphatic heterocycles. The van der Waals surface area contributed by atoms with E-state index in [1.807, 2.05) is 6.92 Å². The zero-order valence-corrected chi connectivity index (χ0v) is 15.5. The van der Waals surface area contributed by atoms with Crippen molar-refractivity contribution in [2.45, 2.75) is 19.4 Å². The summed E-state index contributed by atoms with van der Waals surface area (Å²) in [4.78, 5) is 16.4. The summed E-state index contributed by atoms with van der Waals surface area (Å²) >= 11 is 0. The molecule has 0 fully saturated rings. The smallest absolute Gasteiger partial charge is 0.246 e. The molecule has 142 valence electrons. The Bertz CT molecular complexity index is 820. The largest absolute Gasteiger partial charge is 0.466 e. The van der Waals surface area contributed by atoms with Crippen LogP contribution in [0.15, 0.2) is 52.1 Å². The van der Waals surface area contributed by atoms with Gasteiger partial charge in [-0.25, -0.2) is 4.99 Å². The molecular formula is C20H24N4O3. The van der Waals surface area contributed by atoms with Crippen LogP contribution in [0.2, 0.25) is 0 Å². The fourth-order valence-corrected chi connectivity index (χ4v) is 2.31. The number of carbonyl (C=O) groups excluding carboxylic acids is 1. The highest BCUT2D eigenvalue weighted by Crippen LogP contribution is 2.19. The van der Waals surface area contributed by atoms with E-state index in [4.69, 9.17) is 10.8 Å². The number of carbonyl (C=O) groups is 1. The molecule has 27 heavy (non-hydrogen) atoms. The molecule has 1 heterocycles. The first kappa shape index (κ1) is 20.1. The third kappa shape index (κ3) is 6.20. The van der Waals surface area contributed by atoms with Gasteiger partial charge in [0.2, 0.25) is 5.91 Å². The van der Waals surface area contributed by atoms with Gasteiger partial charge in [-0.05, 0) is 44.2 Å². The zero-order valence-electron chi connectivity index (χ0n) is 15.5. The summed E-state index contributed by atoms with van der Waals surface area (Å²) in [6.45, 7) is 4.23. The van der Waals surface area contributed by atoms with Gasteiger partial charge >= 0.3 is 0 Å². The van der Waals surface area contributed by atoms with Crippen molar-refractivity contribution in [2.24, 2.45) is 4.99 Å². The van der Waals surface area contributed by atoms with Gasteiger partial charge in [0.05, 0.1) is 12.8 Å². The van der Waals surface area contributed by atoms with Crippen molar-refractivity contribution in [3.63, 3.8) is 0 Å². The molecule has 0 aliphatic carbocycles. The first-order valence-electron chi connectivity index (χ1n) is 8.59. The van der Waals surface area contributed by atoms with E-state index in [9.17, 15) is 9.90 Å². The van der Waals surface area contributed by atoms with Crippen molar-refractivity contribution < 1.29 is 14.3 Å². The maximum absolute atomic E-state index is 12.1. The van der Waals surface area contributed by atoms with Crippen LogP contribution in [0.1, 0.15) is 25.2 Å². The summed E-state index contributed by atoms with van der Waals surface area (Å²) in [5.41, 5.74) is 0.0910. The van der Waals surface area contributed by atoms with Crippen molar-refractivity contribution in [3.05, 3.63) is 54.0 Å². The monoisotopic (exact) mass is 368 g/mol. The number of rotatable bonds is 7. The Labute approximate surface area is 158 Å². The van der Waals surface area contributed by atoms with E-state index in [1.165, 1.54) is 6.26 Å². The van der Waals surface area contributed by atoms with Crippen LogP contribution >= 0.6 is 0 Å². The van der Waals surface area contributed by atoms with Gasteiger partial charge in [-0.3, -0.25) is 4.79 Å². The molecule has 0 spiro atoms. The highest BCUT2D eigenvalue weighted by molar-refractivity contribution is 5.94. The molecule has 2 rings (SSSR count).